The van der Waals surface area contributed by atoms with Crippen LogP contribution in [0, 0.1) is 0 Å². The lowest BCUT2D eigenvalue weighted by Gasteiger charge is -2.19. The van der Waals surface area contributed by atoms with Gasteiger partial charge in [0.05, 0.1) is 0 Å². The minimum Gasteiger partial charge on any atom is -0.399 e. The van der Waals surface area contributed by atoms with Crippen LogP contribution in [0.3, 0.4) is 0 Å². The summed E-state index contributed by atoms with van der Waals surface area (Å²) < 4.78 is 0. The van der Waals surface area contributed by atoms with Gasteiger partial charge >= 0.3 is 0 Å². The molecule has 0 saturated heterocycles. The minimum absolute atomic E-state index is 0.792. The number of nitrogens with zero attached hydrogens (tertiary/aromatic N) is 1. The van der Waals surface area contributed by atoms with Crippen molar-refractivity contribution in [1.82, 2.24) is 0 Å². The van der Waals surface area contributed by atoms with Crippen LogP contribution >= 0.6 is 0 Å². The highest BCUT2D eigenvalue weighted by molar-refractivity contribution is 5.63. The summed E-state index contributed by atoms with van der Waals surface area (Å²) in [6.45, 7) is 0. The second-order valence-corrected chi connectivity index (χ2v) is 3.49. The molecule has 0 bridgehead atoms. The number of rotatable bonds is 2. The molecule has 0 radical (unpaired) electrons. The number of hydrogen-bond donors (Lipinski definition) is 1. The van der Waals surface area contributed by atoms with Gasteiger partial charge in [-0.3, -0.25) is 0 Å². The van der Waals surface area contributed by atoms with E-state index < -0.39 is 0 Å². The largest absolute Gasteiger partial charge is 0.399 e. The fraction of sp³-hybridized carbons (Fsp3) is 0.0769. The number of nitrogen functional groups attached to an aromatic ring is 1. The second kappa shape index (κ2) is 4.05. The zero-order valence-electron chi connectivity index (χ0n) is 8.72. The molecular weight excluding hydrogens is 184 g/mol. The summed E-state index contributed by atoms with van der Waals surface area (Å²) in [5.41, 5.74) is 8.74. The molecule has 2 rings (SSSR count). The van der Waals surface area contributed by atoms with Gasteiger partial charge in [0.1, 0.15) is 0 Å². The fourth-order valence-electron chi connectivity index (χ4n) is 1.50. The van der Waals surface area contributed by atoms with Gasteiger partial charge in [0.25, 0.3) is 0 Å². The molecule has 0 aliphatic carbocycles. The summed E-state index contributed by atoms with van der Waals surface area (Å²) in [7, 11) is 2.04. The fourth-order valence-corrected chi connectivity index (χ4v) is 1.50. The number of para-hydroxylation sites is 1. The van der Waals surface area contributed by atoms with E-state index in [2.05, 4.69) is 17.0 Å². The molecule has 2 aromatic rings. The van der Waals surface area contributed by atoms with Crippen LogP contribution in [0.15, 0.2) is 54.6 Å². The third-order valence-electron chi connectivity index (χ3n) is 2.42. The first-order valence-electron chi connectivity index (χ1n) is 4.92. The van der Waals surface area contributed by atoms with Crippen LogP contribution in [0.4, 0.5) is 17.1 Å². The van der Waals surface area contributed by atoms with E-state index in [0.717, 1.165) is 11.4 Å². The van der Waals surface area contributed by atoms with Crippen molar-refractivity contribution in [2.75, 3.05) is 17.7 Å². The highest BCUT2D eigenvalue weighted by atomic mass is 15.1. The zero-order valence-corrected chi connectivity index (χ0v) is 8.72. The smallest absolute Gasteiger partial charge is 0.0409 e. The van der Waals surface area contributed by atoms with E-state index in [-0.39, 0.29) is 0 Å². The molecule has 0 atom stereocenters. The number of benzene rings is 2. The second-order valence-electron chi connectivity index (χ2n) is 3.49. The monoisotopic (exact) mass is 198 g/mol. The van der Waals surface area contributed by atoms with Gasteiger partial charge in [-0.15, -0.1) is 0 Å². The van der Waals surface area contributed by atoms with Crippen LogP contribution in [0.5, 0.6) is 0 Å². The molecule has 0 aliphatic rings. The predicted octanol–water partition coefficient (Wildman–Crippen LogP) is 3.04. The van der Waals surface area contributed by atoms with Gasteiger partial charge < -0.3 is 10.6 Å². The van der Waals surface area contributed by atoms with Gasteiger partial charge in [0.15, 0.2) is 0 Å². The highest BCUT2D eigenvalue weighted by Gasteiger charge is 2.01. The van der Waals surface area contributed by atoms with Gasteiger partial charge in [-0.05, 0) is 36.4 Å². The number of hydrogen-bond acceptors (Lipinski definition) is 2. The molecule has 15 heavy (non-hydrogen) atoms. The SMILES string of the molecule is CN(c1ccccc1)c1ccc(N)cc1. The molecule has 2 aromatic carbocycles. The Kier molecular flexibility index (Phi) is 2.59. The molecule has 76 valence electrons. The maximum absolute atomic E-state index is 5.65. The van der Waals surface area contributed by atoms with Crippen molar-refractivity contribution in [3.05, 3.63) is 54.6 Å². The molecular formula is C13H14N2. The van der Waals surface area contributed by atoms with Crippen LogP contribution < -0.4 is 10.6 Å². The molecule has 2 nitrogen and oxygen atoms in total. The first-order valence-corrected chi connectivity index (χ1v) is 4.92. The van der Waals surface area contributed by atoms with E-state index in [1.54, 1.807) is 0 Å². The lowest BCUT2D eigenvalue weighted by atomic mass is 10.2. The van der Waals surface area contributed by atoms with E-state index in [0.29, 0.717) is 0 Å². The van der Waals surface area contributed by atoms with Crippen molar-refractivity contribution < 1.29 is 0 Å². The molecule has 0 unspecified atom stereocenters. The minimum atomic E-state index is 0.792. The van der Waals surface area contributed by atoms with Gasteiger partial charge in [0, 0.05) is 24.1 Å². The average molecular weight is 198 g/mol. The molecule has 0 saturated carbocycles. The van der Waals surface area contributed by atoms with Gasteiger partial charge in [-0.1, -0.05) is 18.2 Å². The van der Waals surface area contributed by atoms with E-state index in [4.69, 9.17) is 5.73 Å². The van der Waals surface area contributed by atoms with Crippen LogP contribution in [0.1, 0.15) is 0 Å². The third kappa shape index (κ3) is 2.10. The quantitative estimate of drug-likeness (QED) is 0.751. The first-order chi connectivity index (χ1) is 7.27. The van der Waals surface area contributed by atoms with Crippen LogP contribution in [-0.4, -0.2) is 7.05 Å². The number of anilines is 3. The van der Waals surface area contributed by atoms with Crippen molar-refractivity contribution in [3.8, 4) is 0 Å². The van der Waals surface area contributed by atoms with E-state index in [9.17, 15) is 0 Å². The Bertz CT molecular complexity index is 420. The normalized spacial score (nSPS) is 9.93. The maximum Gasteiger partial charge on any atom is 0.0409 e. The predicted molar refractivity (Wildman–Crippen MR) is 65.4 cm³/mol. The van der Waals surface area contributed by atoms with Crippen molar-refractivity contribution in [3.63, 3.8) is 0 Å². The Labute approximate surface area is 90.0 Å². The van der Waals surface area contributed by atoms with Crippen molar-refractivity contribution in [2.45, 2.75) is 0 Å². The van der Waals surface area contributed by atoms with Gasteiger partial charge in [-0.25, -0.2) is 0 Å². The summed E-state index contributed by atoms with van der Waals surface area (Å²) in [5.74, 6) is 0. The first kappa shape index (κ1) is 9.59. The van der Waals surface area contributed by atoms with Crippen molar-refractivity contribution in [1.29, 1.82) is 0 Å². The molecule has 0 heterocycles. The summed E-state index contributed by atoms with van der Waals surface area (Å²) in [4.78, 5) is 2.12. The standard InChI is InChI=1S/C13H14N2/c1-15(12-5-3-2-4-6-12)13-9-7-11(14)8-10-13/h2-10H,14H2,1H3. The Morgan fingerprint density at radius 3 is 1.93 bits per heavy atom. The topological polar surface area (TPSA) is 29.3 Å². The molecule has 2 heteroatoms. The van der Waals surface area contributed by atoms with Crippen molar-refractivity contribution in [2.24, 2.45) is 0 Å². The number of nitrogens with two attached hydrogens (primary N) is 1. The van der Waals surface area contributed by atoms with Crippen LogP contribution in [0.25, 0.3) is 0 Å². The lowest BCUT2D eigenvalue weighted by Crippen LogP contribution is -2.08. The summed E-state index contributed by atoms with van der Waals surface area (Å²) in [5, 5.41) is 0. The van der Waals surface area contributed by atoms with Gasteiger partial charge in [0.2, 0.25) is 0 Å². The Morgan fingerprint density at radius 2 is 1.33 bits per heavy atom. The Balaban J connectivity index is 2.29. The van der Waals surface area contributed by atoms with Crippen molar-refractivity contribution >= 4 is 17.1 Å². The lowest BCUT2D eigenvalue weighted by molar-refractivity contribution is 1.21. The summed E-state index contributed by atoms with van der Waals surface area (Å²) >= 11 is 0. The van der Waals surface area contributed by atoms with Crippen LogP contribution in [0.2, 0.25) is 0 Å². The van der Waals surface area contributed by atoms with E-state index >= 15 is 0 Å². The summed E-state index contributed by atoms with van der Waals surface area (Å²) in [6.07, 6.45) is 0. The molecule has 0 fully saturated rings. The average Bonchev–Trinajstić information content (AvgIpc) is 2.30. The molecule has 0 aliphatic heterocycles. The highest BCUT2D eigenvalue weighted by Crippen LogP contribution is 2.23. The summed E-state index contributed by atoms with van der Waals surface area (Å²) in [6, 6.07) is 18.1. The maximum atomic E-state index is 5.65. The third-order valence-corrected chi connectivity index (χ3v) is 2.42. The molecule has 0 aromatic heterocycles. The Hall–Kier alpha value is -1.96. The zero-order chi connectivity index (χ0) is 10.7. The van der Waals surface area contributed by atoms with E-state index in [1.807, 2.05) is 49.5 Å². The molecule has 0 spiro atoms. The van der Waals surface area contributed by atoms with Gasteiger partial charge in [-0.2, -0.15) is 0 Å². The Morgan fingerprint density at radius 1 is 0.800 bits per heavy atom. The van der Waals surface area contributed by atoms with Crippen LogP contribution in [-0.2, 0) is 0 Å². The molecule has 0 amide bonds. The molecule has 2 N–H and O–H groups in total. The van der Waals surface area contributed by atoms with E-state index in [1.165, 1.54) is 5.69 Å².